The molecular formula is C24H29FN6O6. The minimum Gasteiger partial charge on any atom is -0.481 e. The fourth-order valence-corrected chi connectivity index (χ4v) is 2.98. The van der Waals surface area contributed by atoms with Crippen molar-refractivity contribution in [2.45, 2.75) is 38.1 Å². The number of pyridine rings is 1. The topological polar surface area (TPSA) is 182 Å². The smallest absolute Gasteiger partial charge is 0.326 e. The Hall–Kier alpha value is -4.55. The molecule has 198 valence electrons. The molecule has 1 aromatic heterocycles. The number of aliphatic carboxylic acids is 2. The number of unbranched alkanes of at least 4 members (excludes halogenated alkanes) is 2. The number of anilines is 1. The number of rotatable bonds is 15. The maximum absolute atomic E-state index is 12.9. The van der Waals surface area contributed by atoms with Crippen molar-refractivity contribution in [3.05, 3.63) is 59.5 Å². The number of urea groups is 1. The highest BCUT2D eigenvalue weighted by Crippen LogP contribution is 2.06. The molecule has 0 spiro atoms. The molecule has 0 radical (unpaired) electrons. The van der Waals surface area contributed by atoms with Gasteiger partial charge in [0.2, 0.25) is 0 Å². The molecule has 0 fully saturated rings. The van der Waals surface area contributed by atoms with Gasteiger partial charge in [-0.2, -0.15) is 5.10 Å². The van der Waals surface area contributed by atoms with Crippen molar-refractivity contribution in [3.8, 4) is 0 Å². The van der Waals surface area contributed by atoms with Gasteiger partial charge in [0.25, 0.3) is 5.91 Å². The molecule has 0 aliphatic heterocycles. The number of amides is 3. The normalized spacial score (nSPS) is 11.5. The zero-order chi connectivity index (χ0) is 27.0. The summed E-state index contributed by atoms with van der Waals surface area (Å²) in [5, 5.41) is 29.2. The second-order valence-corrected chi connectivity index (χ2v) is 7.89. The molecule has 0 bridgehead atoms. The molecule has 1 aromatic carbocycles. The maximum atomic E-state index is 12.9. The molecule has 1 atom stereocenters. The Morgan fingerprint density at radius 3 is 2.30 bits per heavy atom. The van der Waals surface area contributed by atoms with Crippen LogP contribution in [0.15, 0.2) is 47.7 Å². The monoisotopic (exact) mass is 515 g/mol. The summed E-state index contributed by atoms with van der Waals surface area (Å²) in [5.74, 6) is -2.63. The van der Waals surface area contributed by atoms with Gasteiger partial charge < -0.3 is 26.2 Å². The summed E-state index contributed by atoms with van der Waals surface area (Å²) in [6, 6.07) is 7.06. The van der Waals surface area contributed by atoms with Gasteiger partial charge in [-0.25, -0.2) is 19.0 Å². The van der Waals surface area contributed by atoms with Crippen LogP contribution in [0.5, 0.6) is 0 Å². The summed E-state index contributed by atoms with van der Waals surface area (Å²) in [5.41, 5.74) is 3.81. The van der Waals surface area contributed by atoms with E-state index in [2.05, 4.69) is 31.5 Å². The first kappa shape index (κ1) is 28.7. The zero-order valence-corrected chi connectivity index (χ0v) is 19.9. The van der Waals surface area contributed by atoms with Gasteiger partial charge >= 0.3 is 18.0 Å². The van der Waals surface area contributed by atoms with Gasteiger partial charge in [0.15, 0.2) is 0 Å². The number of nitrogens with zero attached hydrogens (tertiary/aromatic N) is 2. The van der Waals surface area contributed by atoms with Crippen LogP contribution in [0.25, 0.3) is 0 Å². The quantitative estimate of drug-likeness (QED) is 0.118. The van der Waals surface area contributed by atoms with E-state index in [4.69, 9.17) is 10.2 Å². The van der Waals surface area contributed by atoms with Crippen LogP contribution in [0.4, 0.5) is 15.0 Å². The van der Waals surface area contributed by atoms with Gasteiger partial charge in [0, 0.05) is 25.7 Å². The van der Waals surface area contributed by atoms with Crippen LogP contribution in [0.2, 0.25) is 0 Å². The summed E-state index contributed by atoms with van der Waals surface area (Å²) >= 11 is 0. The van der Waals surface area contributed by atoms with Gasteiger partial charge in [0.05, 0.1) is 11.8 Å². The van der Waals surface area contributed by atoms with Crippen LogP contribution in [0.1, 0.15) is 48.0 Å². The Bertz CT molecular complexity index is 1080. The van der Waals surface area contributed by atoms with E-state index < -0.39 is 24.0 Å². The molecule has 37 heavy (non-hydrogen) atoms. The fourth-order valence-electron chi connectivity index (χ4n) is 2.98. The molecule has 1 unspecified atom stereocenters. The van der Waals surface area contributed by atoms with Crippen LogP contribution in [0.3, 0.4) is 0 Å². The van der Waals surface area contributed by atoms with Crippen molar-refractivity contribution in [1.82, 2.24) is 20.9 Å². The Kier molecular flexibility index (Phi) is 12.0. The number of aromatic nitrogens is 1. The molecule has 2 rings (SSSR count). The van der Waals surface area contributed by atoms with Crippen molar-refractivity contribution in [2.75, 3.05) is 18.5 Å². The lowest BCUT2D eigenvalue weighted by Gasteiger charge is -2.14. The van der Waals surface area contributed by atoms with Gasteiger partial charge in [-0.1, -0.05) is 12.1 Å². The Labute approximate surface area is 212 Å². The molecule has 1 heterocycles. The van der Waals surface area contributed by atoms with Crippen LogP contribution >= 0.6 is 0 Å². The summed E-state index contributed by atoms with van der Waals surface area (Å²) in [7, 11) is 0. The molecule has 12 nitrogen and oxygen atoms in total. The van der Waals surface area contributed by atoms with Crippen LogP contribution in [-0.4, -0.2) is 64.4 Å². The Balaban J connectivity index is 1.59. The molecule has 0 aliphatic carbocycles. The number of hydrogen-bond acceptors (Lipinski definition) is 7. The highest BCUT2D eigenvalue weighted by atomic mass is 18.2. The summed E-state index contributed by atoms with van der Waals surface area (Å²) < 4.78 is 12.9. The second-order valence-electron chi connectivity index (χ2n) is 7.89. The highest BCUT2D eigenvalue weighted by Gasteiger charge is 2.20. The second kappa shape index (κ2) is 15.4. The standard InChI is InChI=1S/C24H29FN6O6/c25-18-7-4-16(5-8-18)14-29-31-20-10-6-17(15-28-20)22(34)26-12-2-1-3-13-27-24(37)30-19(23(35)36)9-11-21(32)33/h4-8,10,14-15,19H,1-3,9,11-13H2,(H,26,34)(H,28,31)(H,32,33)(H,35,36)(H2,27,30,37)/b29-14+/i25-1. The molecule has 0 aliphatic rings. The van der Waals surface area contributed by atoms with Crippen LogP contribution in [0, 0.1) is 5.82 Å². The van der Waals surface area contributed by atoms with E-state index in [-0.39, 0.29) is 24.6 Å². The molecule has 3 amide bonds. The number of halogens is 1. The number of carbonyl (C=O) groups is 4. The van der Waals surface area contributed by atoms with Crippen molar-refractivity contribution in [3.63, 3.8) is 0 Å². The number of hydrazone groups is 1. The minimum absolute atomic E-state index is 0.210. The van der Waals surface area contributed by atoms with E-state index >= 15 is 0 Å². The third-order valence-electron chi connectivity index (χ3n) is 4.96. The third-order valence-corrected chi connectivity index (χ3v) is 4.96. The van der Waals surface area contributed by atoms with E-state index in [1.807, 2.05) is 0 Å². The number of benzene rings is 1. The Morgan fingerprint density at radius 1 is 0.973 bits per heavy atom. The van der Waals surface area contributed by atoms with Crippen LogP contribution in [-0.2, 0) is 9.59 Å². The largest absolute Gasteiger partial charge is 0.481 e. The summed E-state index contributed by atoms with van der Waals surface area (Å²) in [6.07, 6.45) is 4.32. The molecule has 6 N–H and O–H groups in total. The van der Waals surface area contributed by atoms with Crippen LogP contribution < -0.4 is 21.4 Å². The first-order chi connectivity index (χ1) is 17.7. The lowest BCUT2D eigenvalue weighted by molar-refractivity contribution is -0.140. The van der Waals surface area contributed by atoms with E-state index in [1.54, 1.807) is 24.3 Å². The van der Waals surface area contributed by atoms with E-state index in [1.165, 1.54) is 24.5 Å². The van der Waals surface area contributed by atoms with Gasteiger partial charge in [-0.3, -0.25) is 15.0 Å². The van der Waals surface area contributed by atoms with Crippen molar-refractivity contribution < 1.29 is 33.8 Å². The summed E-state index contributed by atoms with van der Waals surface area (Å²) in [4.78, 5) is 49.8. The van der Waals surface area contributed by atoms with E-state index in [9.17, 15) is 23.6 Å². The van der Waals surface area contributed by atoms with Crippen molar-refractivity contribution in [2.24, 2.45) is 5.10 Å². The van der Waals surface area contributed by atoms with E-state index in [0.717, 1.165) is 0 Å². The predicted molar refractivity (Wildman–Crippen MR) is 133 cm³/mol. The average Bonchev–Trinajstić information content (AvgIpc) is 2.87. The average molecular weight is 516 g/mol. The zero-order valence-electron chi connectivity index (χ0n) is 19.9. The number of carbonyl (C=O) groups excluding carboxylic acids is 2. The maximum Gasteiger partial charge on any atom is 0.326 e. The number of carboxylic acids is 2. The minimum atomic E-state index is -1.30. The first-order valence-corrected chi connectivity index (χ1v) is 11.5. The van der Waals surface area contributed by atoms with Crippen molar-refractivity contribution in [1.29, 1.82) is 0 Å². The van der Waals surface area contributed by atoms with Gasteiger partial charge in [-0.15, -0.1) is 0 Å². The van der Waals surface area contributed by atoms with E-state index in [0.29, 0.717) is 49.3 Å². The predicted octanol–water partition coefficient (Wildman–Crippen LogP) is 2.18. The fraction of sp³-hybridized carbons (Fsp3) is 0.333. The SMILES string of the molecule is O=C(O)CCC(NC(=O)NCCCCCNC(=O)c1ccc(N/N=C/c2ccc([18F])cc2)nc1)C(=O)O. The van der Waals surface area contributed by atoms with Gasteiger partial charge in [0.1, 0.15) is 17.7 Å². The molecule has 0 saturated carbocycles. The molecular weight excluding hydrogens is 486 g/mol. The van der Waals surface area contributed by atoms with Crippen molar-refractivity contribution >= 4 is 35.9 Å². The first-order valence-electron chi connectivity index (χ1n) is 11.5. The lowest BCUT2D eigenvalue weighted by atomic mass is 10.1. The third kappa shape index (κ3) is 11.6. The molecule has 0 saturated heterocycles. The molecule has 2 aromatic rings. The number of carboxylic acid groups (broad SMARTS) is 2. The molecule has 13 heteroatoms. The van der Waals surface area contributed by atoms with Gasteiger partial charge in [-0.05, 0) is 55.5 Å². The number of nitrogens with one attached hydrogen (secondary N) is 4. The summed E-state index contributed by atoms with van der Waals surface area (Å²) in [6.45, 7) is 0.719. The number of hydrogen-bond donors (Lipinski definition) is 6. The highest BCUT2D eigenvalue weighted by molar-refractivity contribution is 5.94. The Morgan fingerprint density at radius 2 is 1.68 bits per heavy atom. The lowest BCUT2D eigenvalue weighted by Crippen LogP contribution is -2.46.